The highest BCUT2D eigenvalue weighted by atomic mass is 32.1. The highest BCUT2D eigenvalue weighted by molar-refractivity contribution is 7.15. The number of fused-ring (bicyclic) bond motifs is 2. The Bertz CT molecular complexity index is 873. The molecule has 142 valence electrons. The predicted octanol–water partition coefficient (Wildman–Crippen LogP) is 4.06. The van der Waals surface area contributed by atoms with E-state index in [1.807, 2.05) is 18.2 Å². The predicted molar refractivity (Wildman–Crippen MR) is 114 cm³/mol. The molecule has 2 atom stereocenters. The molecule has 2 aromatic rings. The first kappa shape index (κ1) is 18.3. The van der Waals surface area contributed by atoms with Crippen molar-refractivity contribution >= 4 is 28.5 Å². The van der Waals surface area contributed by atoms with E-state index in [0.717, 1.165) is 24.0 Å². The molecule has 3 N–H and O–H groups in total. The monoisotopic (exact) mass is 381 g/mol. The van der Waals surface area contributed by atoms with E-state index in [9.17, 15) is 4.79 Å². The Morgan fingerprint density at radius 3 is 2.52 bits per heavy atom. The van der Waals surface area contributed by atoms with E-state index < -0.39 is 0 Å². The largest absolute Gasteiger partial charge is 0.398 e. The summed E-state index contributed by atoms with van der Waals surface area (Å²) in [6, 6.07) is 11.5. The SMILES string of the molecule is C=C(C(=O)NC1CC2CCC(C1)N2C)c1ccc(-c2ccc(C)s2)cc1N. The standard InChI is InChI=1S/C22H27N3OS/c1-13-4-9-21(27-13)15-5-8-19(20(23)10-15)14(2)22(26)24-16-11-17-6-7-18(12-16)25(17)3/h4-5,8-10,16-18H,2,6-7,11-12,23H2,1,3H3,(H,24,26). The van der Waals surface area contributed by atoms with Crippen LogP contribution in [0.4, 0.5) is 5.69 Å². The molecule has 0 spiro atoms. The zero-order valence-electron chi connectivity index (χ0n) is 16.0. The number of anilines is 1. The van der Waals surface area contributed by atoms with E-state index in [-0.39, 0.29) is 11.9 Å². The molecule has 2 aliphatic heterocycles. The molecular weight excluding hydrogens is 354 g/mol. The number of carbonyl (C=O) groups excluding carboxylic acids is 1. The van der Waals surface area contributed by atoms with Crippen molar-refractivity contribution in [3.63, 3.8) is 0 Å². The van der Waals surface area contributed by atoms with Crippen molar-refractivity contribution in [2.75, 3.05) is 12.8 Å². The van der Waals surface area contributed by atoms with Crippen LogP contribution in [-0.4, -0.2) is 36.0 Å². The minimum Gasteiger partial charge on any atom is -0.398 e. The number of piperidine rings is 1. The topological polar surface area (TPSA) is 58.4 Å². The van der Waals surface area contributed by atoms with Gasteiger partial charge in [-0.1, -0.05) is 18.7 Å². The van der Waals surface area contributed by atoms with Gasteiger partial charge in [-0.05, 0) is 63.4 Å². The lowest BCUT2D eigenvalue weighted by atomic mass is 9.96. The van der Waals surface area contributed by atoms with Gasteiger partial charge >= 0.3 is 0 Å². The van der Waals surface area contributed by atoms with Gasteiger partial charge in [0.15, 0.2) is 0 Å². The van der Waals surface area contributed by atoms with Crippen LogP contribution in [0.2, 0.25) is 0 Å². The number of amides is 1. The number of benzene rings is 1. The van der Waals surface area contributed by atoms with Crippen LogP contribution in [0.5, 0.6) is 0 Å². The fourth-order valence-corrected chi connectivity index (χ4v) is 5.37. The Kier molecular flexibility index (Phi) is 4.82. The number of carbonyl (C=O) groups is 1. The summed E-state index contributed by atoms with van der Waals surface area (Å²) in [5.41, 5.74) is 9.12. The average molecular weight is 382 g/mol. The second-order valence-corrected chi connectivity index (χ2v) is 9.17. The number of hydrogen-bond acceptors (Lipinski definition) is 4. The molecule has 2 unspecified atom stereocenters. The molecule has 0 radical (unpaired) electrons. The van der Waals surface area contributed by atoms with Crippen molar-refractivity contribution in [1.29, 1.82) is 0 Å². The molecule has 4 rings (SSSR count). The molecule has 1 aromatic heterocycles. The molecule has 2 bridgehead atoms. The summed E-state index contributed by atoms with van der Waals surface area (Å²) in [6.07, 6.45) is 4.53. The molecule has 2 aliphatic rings. The lowest BCUT2D eigenvalue weighted by molar-refractivity contribution is -0.116. The number of nitrogens with zero attached hydrogens (tertiary/aromatic N) is 1. The average Bonchev–Trinajstić information content (AvgIpc) is 3.14. The highest BCUT2D eigenvalue weighted by Crippen LogP contribution is 2.35. The van der Waals surface area contributed by atoms with E-state index in [1.54, 1.807) is 11.3 Å². The van der Waals surface area contributed by atoms with Gasteiger partial charge < -0.3 is 16.0 Å². The summed E-state index contributed by atoms with van der Waals surface area (Å²) in [6.45, 7) is 6.12. The number of hydrogen-bond donors (Lipinski definition) is 2. The van der Waals surface area contributed by atoms with Crippen molar-refractivity contribution in [1.82, 2.24) is 10.2 Å². The molecule has 1 aromatic carbocycles. The summed E-state index contributed by atoms with van der Waals surface area (Å²) < 4.78 is 0. The van der Waals surface area contributed by atoms with Crippen molar-refractivity contribution in [3.8, 4) is 10.4 Å². The molecule has 2 fully saturated rings. The van der Waals surface area contributed by atoms with Gasteiger partial charge in [0.05, 0.1) is 0 Å². The summed E-state index contributed by atoms with van der Waals surface area (Å²) in [5.74, 6) is -0.102. The number of nitrogen functional groups attached to an aromatic ring is 1. The number of aryl methyl sites for hydroxylation is 1. The third-order valence-electron chi connectivity index (χ3n) is 6.11. The van der Waals surface area contributed by atoms with Gasteiger partial charge in [-0.15, -0.1) is 11.3 Å². The first-order chi connectivity index (χ1) is 12.9. The molecule has 1 amide bonds. The fraction of sp³-hybridized carbons (Fsp3) is 0.409. The van der Waals surface area contributed by atoms with E-state index >= 15 is 0 Å². The second-order valence-electron chi connectivity index (χ2n) is 7.88. The van der Waals surface area contributed by atoms with Crippen molar-refractivity contribution in [2.45, 2.75) is 50.7 Å². The smallest absolute Gasteiger partial charge is 0.251 e. The Morgan fingerprint density at radius 2 is 1.93 bits per heavy atom. The van der Waals surface area contributed by atoms with Gasteiger partial charge in [-0.2, -0.15) is 0 Å². The maximum absolute atomic E-state index is 12.8. The van der Waals surface area contributed by atoms with Crippen molar-refractivity contribution in [2.24, 2.45) is 0 Å². The molecule has 4 nitrogen and oxygen atoms in total. The number of thiophene rings is 1. The maximum atomic E-state index is 12.8. The van der Waals surface area contributed by atoms with Crippen LogP contribution >= 0.6 is 11.3 Å². The van der Waals surface area contributed by atoms with E-state index in [1.165, 1.54) is 22.6 Å². The minimum absolute atomic E-state index is 0.102. The molecule has 2 saturated heterocycles. The molecule has 27 heavy (non-hydrogen) atoms. The van der Waals surface area contributed by atoms with Gasteiger partial charge in [0.25, 0.3) is 5.91 Å². The van der Waals surface area contributed by atoms with Crippen LogP contribution in [0.15, 0.2) is 36.9 Å². The Morgan fingerprint density at radius 1 is 1.22 bits per heavy atom. The lowest BCUT2D eigenvalue weighted by Crippen LogP contribution is -2.48. The Balaban J connectivity index is 1.45. The van der Waals surface area contributed by atoms with Crippen molar-refractivity contribution in [3.05, 3.63) is 47.4 Å². The second kappa shape index (κ2) is 7.13. The first-order valence-electron chi connectivity index (χ1n) is 9.61. The van der Waals surface area contributed by atoms with Gasteiger partial charge in [0.2, 0.25) is 0 Å². The minimum atomic E-state index is -0.102. The van der Waals surface area contributed by atoms with Crippen LogP contribution in [-0.2, 0) is 4.79 Å². The van der Waals surface area contributed by atoms with Crippen LogP contribution in [0.1, 0.15) is 36.1 Å². The molecule has 5 heteroatoms. The number of rotatable bonds is 4. The summed E-state index contributed by atoms with van der Waals surface area (Å²) >= 11 is 1.74. The number of nitrogens with two attached hydrogens (primary N) is 1. The van der Waals surface area contributed by atoms with E-state index in [2.05, 4.69) is 42.9 Å². The third kappa shape index (κ3) is 3.54. The van der Waals surface area contributed by atoms with E-state index in [0.29, 0.717) is 23.3 Å². The third-order valence-corrected chi connectivity index (χ3v) is 7.16. The molecule has 3 heterocycles. The van der Waals surface area contributed by atoms with Crippen LogP contribution in [0.25, 0.3) is 16.0 Å². The van der Waals surface area contributed by atoms with Crippen molar-refractivity contribution < 1.29 is 4.79 Å². The Labute approximate surface area is 165 Å². The van der Waals surface area contributed by atoms with Gasteiger partial charge in [-0.3, -0.25) is 4.79 Å². The van der Waals surface area contributed by atoms with Crippen LogP contribution in [0, 0.1) is 6.92 Å². The molecular formula is C22H27N3OS. The quantitative estimate of drug-likeness (QED) is 0.620. The number of nitrogens with one attached hydrogen (secondary N) is 1. The zero-order chi connectivity index (χ0) is 19.1. The fourth-order valence-electron chi connectivity index (χ4n) is 4.50. The first-order valence-corrected chi connectivity index (χ1v) is 10.4. The summed E-state index contributed by atoms with van der Waals surface area (Å²) in [5, 5.41) is 3.20. The van der Waals surface area contributed by atoms with Gasteiger partial charge in [0.1, 0.15) is 0 Å². The van der Waals surface area contributed by atoms with Gasteiger partial charge in [0, 0.05) is 44.7 Å². The lowest BCUT2D eigenvalue weighted by Gasteiger charge is -2.36. The Hall–Kier alpha value is -2.11. The molecule has 0 aliphatic carbocycles. The van der Waals surface area contributed by atoms with Gasteiger partial charge in [-0.25, -0.2) is 0 Å². The normalized spacial score (nSPS) is 24.7. The maximum Gasteiger partial charge on any atom is 0.251 e. The zero-order valence-corrected chi connectivity index (χ0v) is 16.8. The highest BCUT2D eigenvalue weighted by Gasteiger charge is 2.38. The van der Waals surface area contributed by atoms with E-state index in [4.69, 9.17) is 5.73 Å². The van der Waals surface area contributed by atoms with Crippen LogP contribution < -0.4 is 11.1 Å². The molecule has 0 saturated carbocycles. The summed E-state index contributed by atoms with van der Waals surface area (Å²) in [4.78, 5) is 17.7. The van der Waals surface area contributed by atoms with Crippen LogP contribution in [0.3, 0.4) is 0 Å². The summed E-state index contributed by atoms with van der Waals surface area (Å²) in [7, 11) is 2.21.